The second kappa shape index (κ2) is 7.75. The van der Waals surface area contributed by atoms with Crippen molar-refractivity contribution in [2.45, 2.75) is 32.6 Å². The fourth-order valence-corrected chi connectivity index (χ4v) is 4.89. The van der Waals surface area contributed by atoms with Crippen LogP contribution in [0.4, 0.5) is 19.7 Å². The number of likely N-dealkylation sites (tertiary alicyclic amines) is 1. The molecule has 4 heterocycles. The van der Waals surface area contributed by atoms with E-state index in [1.54, 1.807) is 23.5 Å². The average Bonchev–Trinajstić information content (AvgIpc) is 3.26. The van der Waals surface area contributed by atoms with Crippen molar-refractivity contribution in [1.29, 1.82) is 0 Å². The molecule has 4 rings (SSSR count). The number of aryl methyl sites for hydroxylation is 2. The molecule has 1 aliphatic rings. The van der Waals surface area contributed by atoms with Crippen molar-refractivity contribution >= 4 is 39.5 Å². The van der Waals surface area contributed by atoms with E-state index in [1.165, 1.54) is 22.4 Å². The Balaban J connectivity index is 1.44. The van der Waals surface area contributed by atoms with E-state index in [-0.39, 0.29) is 6.42 Å². The third kappa shape index (κ3) is 4.43. The van der Waals surface area contributed by atoms with Gasteiger partial charge in [-0.2, -0.15) is 0 Å². The molecule has 152 valence electrons. The molecule has 0 unspecified atom stereocenters. The minimum Gasteiger partial charge on any atom is -0.333 e. The largest absolute Gasteiger partial charge is 0.333 e. The number of aromatic nitrogens is 3. The number of hydrogen-bond donors (Lipinski definition) is 1. The van der Waals surface area contributed by atoms with Crippen LogP contribution in [-0.2, 0) is 0 Å². The zero-order valence-corrected chi connectivity index (χ0v) is 17.5. The fraction of sp³-hybridized carbons (Fsp3) is 0.368. The standard InChI is InChI=1S/C19H19F2N5OS2/c1-11-16(29-12(2)23-11)14-9-28-18(24-14)25-15-5-4-13(8-22-15)17(27)26-7-3-6-19(20,21)10-26/h4-5,8-9H,3,6-7,10H2,1-2H3,(H,22,24,25). The zero-order valence-electron chi connectivity index (χ0n) is 15.9. The Morgan fingerprint density at radius 1 is 1.28 bits per heavy atom. The van der Waals surface area contributed by atoms with Crippen molar-refractivity contribution in [3.8, 4) is 10.6 Å². The quantitative estimate of drug-likeness (QED) is 0.632. The van der Waals surface area contributed by atoms with Gasteiger partial charge in [0.15, 0.2) is 5.13 Å². The lowest BCUT2D eigenvalue weighted by molar-refractivity contribution is -0.0560. The van der Waals surface area contributed by atoms with Gasteiger partial charge in [-0.25, -0.2) is 23.7 Å². The van der Waals surface area contributed by atoms with E-state index in [0.29, 0.717) is 29.5 Å². The van der Waals surface area contributed by atoms with Crippen LogP contribution in [0.5, 0.6) is 0 Å². The lowest BCUT2D eigenvalue weighted by Gasteiger charge is -2.32. The first-order chi connectivity index (χ1) is 13.8. The van der Waals surface area contributed by atoms with E-state index in [4.69, 9.17) is 0 Å². The molecule has 0 saturated carbocycles. The molecule has 1 aliphatic heterocycles. The smallest absolute Gasteiger partial charge is 0.265 e. The number of carbonyl (C=O) groups excluding carboxylic acids is 1. The molecule has 0 aromatic carbocycles. The Bertz CT molecular complexity index is 1030. The van der Waals surface area contributed by atoms with Crippen molar-refractivity contribution in [3.05, 3.63) is 40.0 Å². The topological polar surface area (TPSA) is 71.0 Å². The highest BCUT2D eigenvalue weighted by molar-refractivity contribution is 7.16. The summed E-state index contributed by atoms with van der Waals surface area (Å²) < 4.78 is 27.1. The molecule has 1 N–H and O–H groups in total. The molecule has 29 heavy (non-hydrogen) atoms. The number of halogens is 2. The van der Waals surface area contributed by atoms with Gasteiger partial charge >= 0.3 is 0 Å². The second-order valence-corrected chi connectivity index (χ2v) is 8.99. The van der Waals surface area contributed by atoms with E-state index in [9.17, 15) is 13.6 Å². The molecule has 0 aliphatic carbocycles. The SMILES string of the molecule is Cc1nc(C)c(-c2csc(Nc3ccc(C(=O)N4CCCC(F)(F)C4)cn3)n2)s1. The van der Waals surface area contributed by atoms with Gasteiger partial charge in [-0.05, 0) is 32.4 Å². The Kier molecular flexibility index (Phi) is 5.30. The molecule has 0 spiro atoms. The summed E-state index contributed by atoms with van der Waals surface area (Å²) in [4.78, 5) is 27.9. The summed E-state index contributed by atoms with van der Waals surface area (Å²) in [6.45, 7) is 3.72. The summed E-state index contributed by atoms with van der Waals surface area (Å²) in [6, 6.07) is 3.24. The van der Waals surface area contributed by atoms with Crippen molar-refractivity contribution in [1.82, 2.24) is 19.9 Å². The molecule has 3 aromatic rings. The summed E-state index contributed by atoms with van der Waals surface area (Å²) in [6.07, 6.45) is 1.54. The van der Waals surface area contributed by atoms with Crippen molar-refractivity contribution in [3.63, 3.8) is 0 Å². The van der Waals surface area contributed by atoms with Crippen molar-refractivity contribution in [2.24, 2.45) is 0 Å². The molecule has 3 aromatic heterocycles. The van der Waals surface area contributed by atoms with Gasteiger partial charge in [0.05, 0.1) is 33.4 Å². The molecule has 1 saturated heterocycles. The summed E-state index contributed by atoms with van der Waals surface area (Å²) in [5.74, 6) is -2.71. The number of hydrogen-bond acceptors (Lipinski definition) is 7. The van der Waals surface area contributed by atoms with E-state index in [2.05, 4.69) is 20.3 Å². The van der Waals surface area contributed by atoms with Crippen molar-refractivity contribution in [2.75, 3.05) is 18.4 Å². The first-order valence-corrected chi connectivity index (χ1v) is 10.8. The molecule has 0 bridgehead atoms. The lowest BCUT2D eigenvalue weighted by atomic mass is 10.1. The van der Waals surface area contributed by atoms with E-state index in [1.807, 2.05) is 19.2 Å². The second-order valence-electron chi connectivity index (χ2n) is 6.93. The van der Waals surface area contributed by atoms with Gasteiger partial charge in [0.2, 0.25) is 0 Å². The maximum absolute atomic E-state index is 13.6. The molecule has 6 nitrogen and oxygen atoms in total. The molecule has 1 fully saturated rings. The number of nitrogens with zero attached hydrogens (tertiary/aromatic N) is 4. The molecular weight excluding hydrogens is 416 g/mol. The number of amides is 1. The molecule has 0 radical (unpaired) electrons. The average molecular weight is 436 g/mol. The lowest BCUT2D eigenvalue weighted by Crippen LogP contribution is -2.45. The number of carbonyl (C=O) groups is 1. The highest BCUT2D eigenvalue weighted by Crippen LogP contribution is 2.33. The number of pyridine rings is 1. The number of anilines is 2. The summed E-state index contributed by atoms with van der Waals surface area (Å²) in [5.41, 5.74) is 2.11. The van der Waals surface area contributed by atoms with Crippen LogP contribution >= 0.6 is 22.7 Å². The number of nitrogens with one attached hydrogen (secondary N) is 1. The van der Waals surface area contributed by atoms with Crippen LogP contribution in [0.2, 0.25) is 0 Å². The Morgan fingerprint density at radius 2 is 2.10 bits per heavy atom. The molecule has 1 amide bonds. The van der Waals surface area contributed by atoms with Crippen LogP contribution in [0, 0.1) is 13.8 Å². The maximum Gasteiger partial charge on any atom is 0.265 e. The Hall–Kier alpha value is -2.46. The van der Waals surface area contributed by atoms with E-state index < -0.39 is 18.4 Å². The number of rotatable bonds is 4. The maximum atomic E-state index is 13.6. The number of piperidine rings is 1. The normalized spacial score (nSPS) is 16.1. The van der Waals surface area contributed by atoms with Gasteiger partial charge in [-0.15, -0.1) is 22.7 Å². The molecule has 0 atom stereocenters. The van der Waals surface area contributed by atoms with Gasteiger partial charge in [-0.1, -0.05) is 0 Å². The Labute approximate surface area is 174 Å². The first-order valence-electron chi connectivity index (χ1n) is 9.11. The molecule has 10 heteroatoms. The summed E-state index contributed by atoms with van der Waals surface area (Å²) in [7, 11) is 0. The zero-order chi connectivity index (χ0) is 20.6. The van der Waals surface area contributed by atoms with Crippen LogP contribution in [0.1, 0.15) is 33.9 Å². The van der Waals surface area contributed by atoms with Crippen LogP contribution in [0.25, 0.3) is 10.6 Å². The predicted octanol–water partition coefficient (Wildman–Crippen LogP) is 4.89. The van der Waals surface area contributed by atoms with Crippen molar-refractivity contribution < 1.29 is 13.6 Å². The first kappa shape index (κ1) is 19.8. The predicted molar refractivity (Wildman–Crippen MR) is 110 cm³/mol. The van der Waals surface area contributed by atoms with Gasteiger partial charge in [0, 0.05) is 24.5 Å². The number of thiazole rings is 2. The monoisotopic (exact) mass is 435 g/mol. The molecular formula is C19H19F2N5OS2. The minimum absolute atomic E-state index is 0.172. The minimum atomic E-state index is -2.82. The fourth-order valence-electron chi connectivity index (χ4n) is 3.23. The summed E-state index contributed by atoms with van der Waals surface area (Å²) in [5, 5.41) is 6.74. The summed E-state index contributed by atoms with van der Waals surface area (Å²) >= 11 is 3.05. The third-order valence-electron chi connectivity index (χ3n) is 4.57. The highest BCUT2D eigenvalue weighted by atomic mass is 32.1. The van der Waals surface area contributed by atoms with E-state index >= 15 is 0 Å². The number of alkyl halides is 2. The van der Waals surface area contributed by atoms with Crippen LogP contribution < -0.4 is 5.32 Å². The van der Waals surface area contributed by atoms with Gasteiger partial charge in [0.1, 0.15) is 5.82 Å². The van der Waals surface area contributed by atoms with Crippen LogP contribution in [0.3, 0.4) is 0 Å². The van der Waals surface area contributed by atoms with Crippen LogP contribution in [0.15, 0.2) is 23.7 Å². The Morgan fingerprint density at radius 3 is 2.76 bits per heavy atom. The third-order valence-corrected chi connectivity index (χ3v) is 6.42. The van der Waals surface area contributed by atoms with Gasteiger partial charge < -0.3 is 10.2 Å². The van der Waals surface area contributed by atoms with Gasteiger partial charge in [0.25, 0.3) is 11.8 Å². The van der Waals surface area contributed by atoms with Gasteiger partial charge in [-0.3, -0.25) is 4.79 Å². The highest BCUT2D eigenvalue weighted by Gasteiger charge is 2.37. The van der Waals surface area contributed by atoms with E-state index in [0.717, 1.165) is 21.3 Å². The van der Waals surface area contributed by atoms with Crippen LogP contribution in [-0.4, -0.2) is 44.8 Å².